The number of pyridine rings is 1. The molecule has 2 N–H and O–H groups in total. The molecular formula is C32H39N7O2. The zero-order valence-electron chi connectivity index (χ0n) is 24.0. The van der Waals surface area contributed by atoms with Crippen molar-refractivity contribution in [1.29, 1.82) is 0 Å². The van der Waals surface area contributed by atoms with Gasteiger partial charge in [-0.15, -0.1) is 6.58 Å². The normalized spacial score (nSPS) is 20.0. The number of anilines is 2. The van der Waals surface area contributed by atoms with Gasteiger partial charge in [0.2, 0.25) is 5.95 Å². The molecule has 0 spiro atoms. The molecule has 1 aliphatic carbocycles. The van der Waals surface area contributed by atoms with Crippen LogP contribution in [0.2, 0.25) is 0 Å². The lowest BCUT2D eigenvalue weighted by Gasteiger charge is -2.34. The lowest BCUT2D eigenvalue weighted by Crippen LogP contribution is -2.35. The molecule has 4 heterocycles. The number of nitrogens with zero attached hydrogens (tertiary/aromatic N) is 6. The van der Waals surface area contributed by atoms with Crippen molar-refractivity contribution < 1.29 is 5.11 Å². The number of nitrogens with one attached hydrogen (secondary N) is 1. The van der Waals surface area contributed by atoms with E-state index in [1.165, 1.54) is 61.9 Å². The number of benzene rings is 1. The molecular weight excluding hydrogens is 514 g/mol. The van der Waals surface area contributed by atoms with Crippen LogP contribution in [0.3, 0.4) is 0 Å². The van der Waals surface area contributed by atoms with E-state index in [-0.39, 0.29) is 12.1 Å². The second-order valence-electron chi connectivity index (χ2n) is 11.9. The first-order valence-electron chi connectivity index (χ1n) is 14.7. The topological polar surface area (TPSA) is 101 Å². The molecule has 4 aromatic rings. The minimum Gasteiger partial charge on any atom is -0.384 e. The molecule has 9 heteroatoms. The number of hydrogen-bond acceptors (Lipinski definition) is 7. The Morgan fingerprint density at radius 1 is 1.05 bits per heavy atom. The van der Waals surface area contributed by atoms with Crippen LogP contribution in [0, 0.1) is 0 Å². The van der Waals surface area contributed by atoms with E-state index in [1.54, 1.807) is 42.9 Å². The van der Waals surface area contributed by atoms with Gasteiger partial charge in [-0.05, 0) is 101 Å². The first-order chi connectivity index (χ1) is 19.8. The van der Waals surface area contributed by atoms with Gasteiger partial charge in [0.25, 0.3) is 5.56 Å². The minimum absolute atomic E-state index is 0.231. The van der Waals surface area contributed by atoms with Gasteiger partial charge < -0.3 is 15.3 Å². The van der Waals surface area contributed by atoms with Crippen LogP contribution in [0.4, 0.5) is 11.6 Å². The molecule has 2 fully saturated rings. The maximum atomic E-state index is 13.3. The van der Waals surface area contributed by atoms with Crippen LogP contribution >= 0.6 is 0 Å². The first-order valence-corrected chi connectivity index (χ1v) is 14.7. The third-order valence-electron chi connectivity index (χ3n) is 8.55. The van der Waals surface area contributed by atoms with Crippen molar-refractivity contribution in [3.05, 3.63) is 82.9 Å². The quantitative estimate of drug-likeness (QED) is 0.287. The third-order valence-corrected chi connectivity index (χ3v) is 8.55. The zero-order valence-corrected chi connectivity index (χ0v) is 24.0. The number of likely N-dealkylation sites (tertiary alicyclic amines) is 1. The van der Waals surface area contributed by atoms with Gasteiger partial charge >= 0.3 is 0 Å². The summed E-state index contributed by atoms with van der Waals surface area (Å²) in [5, 5.41) is 14.2. The summed E-state index contributed by atoms with van der Waals surface area (Å²) >= 11 is 0. The fourth-order valence-corrected chi connectivity index (χ4v) is 6.34. The van der Waals surface area contributed by atoms with E-state index >= 15 is 0 Å². The van der Waals surface area contributed by atoms with E-state index in [9.17, 15) is 9.90 Å². The minimum atomic E-state index is -1.14. The van der Waals surface area contributed by atoms with Gasteiger partial charge in [-0.1, -0.05) is 24.3 Å². The maximum absolute atomic E-state index is 13.3. The lowest BCUT2D eigenvalue weighted by atomic mass is 9.81. The Labute approximate surface area is 240 Å². The summed E-state index contributed by atoms with van der Waals surface area (Å²) < 4.78 is 3.20. The van der Waals surface area contributed by atoms with E-state index in [0.29, 0.717) is 34.4 Å². The Morgan fingerprint density at radius 3 is 2.46 bits per heavy atom. The smallest absolute Gasteiger partial charge is 0.278 e. The Balaban J connectivity index is 1.24. The number of rotatable bonds is 8. The van der Waals surface area contributed by atoms with Crippen molar-refractivity contribution >= 4 is 22.7 Å². The van der Waals surface area contributed by atoms with Crippen molar-refractivity contribution in [2.45, 2.75) is 76.5 Å². The molecule has 1 aliphatic heterocycles. The average molecular weight is 554 g/mol. The van der Waals surface area contributed by atoms with Crippen LogP contribution in [0.5, 0.6) is 0 Å². The van der Waals surface area contributed by atoms with Crippen LogP contribution in [0.25, 0.3) is 16.9 Å². The summed E-state index contributed by atoms with van der Waals surface area (Å²) in [5.74, 6) is 1.48. The third kappa shape index (κ3) is 5.56. The number of aromatic nitrogens is 5. The molecule has 2 aliphatic rings. The fraction of sp³-hybridized carbons (Fsp3) is 0.438. The summed E-state index contributed by atoms with van der Waals surface area (Å²) in [6, 6.07) is 14.7. The van der Waals surface area contributed by atoms with E-state index in [0.717, 1.165) is 11.7 Å². The Bertz CT molecular complexity index is 1590. The molecule has 9 nitrogen and oxygen atoms in total. The highest BCUT2D eigenvalue weighted by Crippen LogP contribution is 2.36. The van der Waals surface area contributed by atoms with E-state index in [4.69, 9.17) is 4.98 Å². The van der Waals surface area contributed by atoms with Crippen molar-refractivity contribution in [1.82, 2.24) is 29.2 Å². The van der Waals surface area contributed by atoms with E-state index < -0.39 is 5.60 Å². The van der Waals surface area contributed by atoms with E-state index in [1.807, 2.05) is 6.07 Å². The van der Waals surface area contributed by atoms with Crippen LogP contribution in [-0.2, 0) is 12.1 Å². The summed E-state index contributed by atoms with van der Waals surface area (Å²) in [4.78, 5) is 29.8. The number of allylic oxidation sites excluding steroid dienone is 1. The largest absolute Gasteiger partial charge is 0.384 e. The predicted molar refractivity (Wildman–Crippen MR) is 162 cm³/mol. The molecule has 3 aromatic heterocycles. The highest BCUT2D eigenvalue weighted by atomic mass is 16.3. The van der Waals surface area contributed by atoms with Gasteiger partial charge in [-0.25, -0.2) is 19.3 Å². The molecule has 0 unspecified atom stereocenters. The number of fused-ring (bicyclic) bond motifs is 1. The average Bonchev–Trinajstić information content (AvgIpc) is 3.61. The Morgan fingerprint density at radius 2 is 1.78 bits per heavy atom. The fourth-order valence-electron chi connectivity index (χ4n) is 6.34. The molecule has 0 amide bonds. The molecule has 1 saturated carbocycles. The summed E-state index contributed by atoms with van der Waals surface area (Å²) in [5.41, 5.74) is 1.84. The summed E-state index contributed by atoms with van der Waals surface area (Å²) in [7, 11) is 0. The molecule has 0 atom stereocenters. The summed E-state index contributed by atoms with van der Waals surface area (Å²) in [6.45, 7) is 10.0. The van der Waals surface area contributed by atoms with Crippen molar-refractivity contribution in [3.8, 4) is 5.82 Å². The van der Waals surface area contributed by atoms with Crippen molar-refractivity contribution in [3.63, 3.8) is 0 Å². The van der Waals surface area contributed by atoms with Gasteiger partial charge in [0.15, 0.2) is 11.5 Å². The van der Waals surface area contributed by atoms with Crippen LogP contribution in [0.15, 0.2) is 66.1 Å². The van der Waals surface area contributed by atoms with Gasteiger partial charge in [0, 0.05) is 17.9 Å². The molecule has 0 bridgehead atoms. The maximum Gasteiger partial charge on any atom is 0.278 e. The van der Waals surface area contributed by atoms with Crippen LogP contribution < -0.4 is 10.9 Å². The number of aliphatic hydroxyl groups is 1. The SMILES string of the molecule is C=CCn1c(=O)c2cnc(Nc3ccc([C@H]4CC[C@H](N5CCCC5)CC4)cc3)nc2n1-c1cccc(C(C)(C)O)n1. The van der Waals surface area contributed by atoms with Gasteiger partial charge in [-0.3, -0.25) is 4.79 Å². The van der Waals surface area contributed by atoms with Crippen LogP contribution in [-0.4, -0.2) is 53.5 Å². The van der Waals surface area contributed by atoms with E-state index in [2.05, 4.69) is 51.0 Å². The highest BCUT2D eigenvalue weighted by Gasteiger charge is 2.28. The van der Waals surface area contributed by atoms with Gasteiger partial charge in [0.1, 0.15) is 11.0 Å². The molecule has 1 aromatic carbocycles. The molecule has 1 saturated heterocycles. The molecule has 6 rings (SSSR count). The Kier molecular flexibility index (Phi) is 7.48. The molecule has 214 valence electrons. The first kappa shape index (κ1) is 27.4. The summed E-state index contributed by atoms with van der Waals surface area (Å²) in [6.07, 6.45) is 11.0. The predicted octanol–water partition coefficient (Wildman–Crippen LogP) is 5.26. The zero-order chi connectivity index (χ0) is 28.6. The van der Waals surface area contributed by atoms with Gasteiger partial charge in [0.05, 0.1) is 12.2 Å². The monoisotopic (exact) mass is 553 g/mol. The van der Waals surface area contributed by atoms with Crippen molar-refractivity contribution in [2.75, 3.05) is 18.4 Å². The lowest BCUT2D eigenvalue weighted by molar-refractivity contribution is 0.0738. The molecule has 0 radical (unpaired) electrons. The van der Waals surface area contributed by atoms with Crippen LogP contribution in [0.1, 0.15) is 69.5 Å². The molecule has 41 heavy (non-hydrogen) atoms. The highest BCUT2D eigenvalue weighted by molar-refractivity contribution is 5.77. The standard InChI is InChI=1S/C32H39N7O2/c1-4-18-38-30(40)26-21-33-31(36-29(26)39(38)28-9-7-8-27(35-28)32(2,3)41)34-24-14-10-22(11-15-24)23-12-16-25(17-13-23)37-19-5-6-20-37/h4,7-11,14-15,21,23,25,41H,1,5-6,12-13,16-20H2,2-3H3,(H,33,34,36)/t23-,25-. The second kappa shape index (κ2) is 11.2. The Hall–Kier alpha value is -3.82. The van der Waals surface area contributed by atoms with Gasteiger partial charge in [-0.2, -0.15) is 4.98 Å². The second-order valence-corrected chi connectivity index (χ2v) is 11.9. The number of hydrogen-bond donors (Lipinski definition) is 2. The van der Waals surface area contributed by atoms with Crippen molar-refractivity contribution in [2.24, 2.45) is 0 Å².